The van der Waals surface area contributed by atoms with Crippen LogP contribution in [0.4, 0.5) is 17.6 Å². The van der Waals surface area contributed by atoms with Crippen LogP contribution in [0.25, 0.3) is 86.0 Å². The third-order valence-electron chi connectivity index (χ3n) is 35.9. The van der Waals surface area contributed by atoms with Crippen LogP contribution < -0.4 is 22.9 Å². The molecule has 11 fully saturated rings. The number of alkyl halides is 3. The van der Waals surface area contributed by atoms with Gasteiger partial charge >= 0.3 is 36.0 Å². The minimum atomic E-state index is -4.37. The van der Waals surface area contributed by atoms with Crippen molar-refractivity contribution in [3.05, 3.63) is 306 Å². The number of nitrogens with two attached hydrogens (primary N) is 4. The van der Waals surface area contributed by atoms with E-state index in [0.717, 1.165) is 74.7 Å². The number of fused-ring (bicyclic) bond motifs is 6. The quantitative estimate of drug-likeness (QED) is 0.0421. The number of esters is 5. The lowest BCUT2D eigenvalue weighted by Crippen LogP contribution is -2.58. The first-order valence-electron chi connectivity index (χ1n) is 53.7. The average Bonchev–Trinajstić information content (AvgIpc) is 1.53. The monoisotopic (exact) mass is 2030 g/mol. The second-order valence-electron chi connectivity index (χ2n) is 45.4. The lowest BCUT2D eigenvalue weighted by Gasteiger charge is -2.47. The fourth-order valence-electron chi connectivity index (χ4n) is 27.2. The standard InChI is InChI=1S/C28H30F3NO2.C25H27N3O2.C25H30N2O2.C25H29NO2.C24H27FN2O2/c1-16-6-10-23-20(12-16)14-25-26(17(2)34-27(25)33)24(23)11-9-22-8-7-19(15-32-22)18-4-3-5-21(13-18)28(29,30)31;1-15-12-25(27)23(17(3)30-24(25)29)22(16(15)2)10-9-21-8-7-20(14-28-21)19-6-4-5-18(11-19)13-26;1-15-7-5-6-8-21(15)19-9-10-20(27-14-19)11-12-22-17(3)16(2)13-25(26)23(22)18(4)29-24(25)28;1-16-15-25(26)23(18(3)28-24(25)27)22(17(16)2)14-11-19-9-12-21(13-10-19)20-7-5-4-6-8-20;1-14-12-24(26)22(16(3)29-23(24)28)21(15(14)2)10-9-20-8-7-18(13-27-20)17-5-4-6-19(25)11-17/h3-5,7-9,11,13,15-17,20,23-26H,6,10,12,14H2,1-2H3;4-11,14-17,22-23H,12,27H2,1-3H3;5-12,14,16-18,22-23H,13,26H2,1-4H3;4-14,16-18,22-23H,15,26H2,1-3H3;4-11,13-16,21-22H,12,26H2,1-3H3/b11-9+;10-9+;12-11+;14-11+;10-9+/t16-,17-,20+,23-,24+,25-,26+;15-,16+,17+,22-,23-,25-;2*16-,17+,18+,22-,23-,25-;14-,15+,16+,21-,22-,24-/m10000/s1. The number of aromatic nitrogens is 4. The van der Waals surface area contributed by atoms with E-state index >= 15 is 0 Å². The summed E-state index contributed by atoms with van der Waals surface area (Å²) in [6.45, 7) is 31.9. The Labute approximate surface area is 880 Å². The van der Waals surface area contributed by atoms with Crippen LogP contribution >= 0.6 is 0 Å². The summed E-state index contributed by atoms with van der Waals surface area (Å²) in [7, 11) is 0. The first-order valence-corrected chi connectivity index (χ1v) is 53.7. The number of aryl methyl sites for hydroxylation is 1. The summed E-state index contributed by atoms with van der Waals surface area (Å²) in [6, 6.07) is 64.4. The van der Waals surface area contributed by atoms with Crippen LogP contribution in [0.2, 0.25) is 0 Å². The molecule has 150 heavy (non-hydrogen) atoms. The highest BCUT2D eigenvalue weighted by molar-refractivity contribution is 5.87. The van der Waals surface area contributed by atoms with E-state index in [1.807, 2.05) is 150 Å². The Bertz CT molecular complexity index is 6710. The molecule has 4 aromatic heterocycles. The molecule has 10 aromatic rings. The number of carbonyl (C=O) groups is 5. The first kappa shape index (κ1) is 108. The molecule has 9 heterocycles. The molecule has 19 nitrogen and oxygen atoms in total. The van der Waals surface area contributed by atoms with Gasteiger partial charge in [0.15, 0.2) is 0 Å². The molecular formula is C127H143F4N9O10. The summed E-state index contributed by atoms with van der Waals surface area (Å²) < 4.78 is 80.4. The van der Waals surface area contributed by atoms with Gasteiger partial charge in [0.25, 0.3) is 0 Å². The van der Waals surface area contributed by atoms with Crippen LogP contribution in [-0.4, -0.2) is 102 Å². The number of allylic oxidation sites excluding steroid dienone is 5. The second-order valence-corrected chi connectivity index (χ2v) is 45.4. The Morgan fingerprint density at radius 2 is 0.740 bits per heavy atom. The van der Waals surface area contributed by atoms with Crippen LogP contribution in [0.5, 0.6) is 0 Å². The molecule has 784 valence electrons. The number of carbonyl (C=O) groups excluding carboxylic acids is 5. The van der Waals surface area contributed by atoms with Gasteiger partial charge in [-0.25, -0.2) is 4.39 Å². The summed E-state index contributed by atoms with van der Waals surface area (Å²) in [5.74, 6) is 4.66. The normalized spacial score (nSPS) is 34.0. The number of cyclic esters (lactones) is 5. The Kier molecular flexibility index (Phi) is 32.4. The molecule has 5 aliphatic heterocycles. The molecule has 0 spiro atoms. The smallest absolute Gasteiger partial charge is 0.416 e. The predicted molar refractivity (Wildman–Crippen MR) is 580 cm³/mol. The first-order chi connectivity index (χ1) is 71.5. The van der Waals surface area contributed by atoms with Crippen molar-refractivity contribution >= 4 is 60.2 Å². The molecular weight excluding hydrogens is 1890 g/mol. The molecule has 0 amide bonds. The van der Waals surface area contributed by atoms with E-state index in [9.17, 15) is 41.5 Å². The van der Waals surface area contributed by atoms with Gasteiger partial charge in [0.05, 0.1) is 45.9 Å². The van der Waals surface area contributed by atoms with Crippen LogP contribution in [0, 0.1) is 154 Å². The average molecular weight is 2030 g/mol. The number of pyridine rings is 4. The highest BCUT2D eigenvalue weighted by Crippen LogP contribution is 2.58. The fourth-order valence-corrected chi connectivity index (χ4v) is 27.2. The largest absolute Gasteiger partial charge is 0.462 e. The van der Waals surface area contributed by atoms with E-state index in [0.29, 0.717) is 107 Å². The Balaban J connectivity index is 0.000000128. The van der Waals surface area contributed by atoms with Crippen LogP contribution in [0.15, 0.2) is 255 Å². The van der Waals surface area contributed by atoms with Gasteiger partial charge in [0, 0.05) is 76.6 Å². The third kappa shape index (κ3) is 22.5. The minimum Gasteiger partial charge on any atom is -0.462 e. The summed E-state index contributed by atoms with van der Waals surface area (Å²) in [6.07, 6.45) is 30.4. The molecule has 6 aromatic carbocycles. The van der Waals surface area contributed by atoms with Gasteiger partial charge in [0.1, 0.15) is 58.5 Å². The van der Waals surface area contributed by atoms with Crippen LogP contribution in [0.1, 0.15) is 193 Å². The molecule has 21 rings (SSSR count). The second kappa shape index (κ2) is 44.9. The van der Waals surface area contributed by atoms with E-state index in [1.165, 1.54) is 59.7 Å². The van der Waals surface area contributed by atoms with Gasteiger partial charge in [-0.1, -0.05) is 245 Å². The lowest BCUT2D eigenvalue weighted by atomic mass is 9.56. The lowest BCUT2D eigenvalue weighted by molar-refractivity contribution is -0.146. The number of rotatable bonds is 15. The van der Waals surface area contributed by atoms with Gasteiger partial charge in [-0.2, -0.15) is 18.4 Å². The molecule has 0 radical (unpaired) electrons. The molecule has 11 aliphatic rings. The highest BCUT2D eigenvalue weighted by atomic mass is 19.4. The maximum absolute atomic E-state index is 13.4. The Morgan fingerprint density at radius 1 is 0.373 bits per heavy atom. The zero-order valence-electron chi connectivity index (χ0n) is 88.5. The van der Waals surface area contributed by atoms with Crippen molar-refractivity contribution < 1.29 is 65.2 Å². The maximum atomic E-state index is 13.4. The van der Waals surface area contributed by atoms with E-state index in [1.54, 1.807) is 30.6 Å². The highest BCUT2D eigenvalue weighted by Gasteiger charge is 2.65. The molecule has 8 N–H and O–H groups in total. The predicted octanol–water partition coefficient (Wildman–Crippen LogP) is 25.2. The van der Waals surface area contributed by atoms with E-state index in [2.05, 4.69) is 205 Å². The SMILES string of the molecule is C[C@@H]1CC[C@@H]2[C@@H](C1)C[C@H]1C(=O)O[C@H](C)[C@H]1[C@H]2/C=C/c1ccc(-c2cccc(C(F)(F)F)c2)cn1.C[C@H]1[C@H](/C=C/c2ccc(-c3cccc(C#N)c3)cn2)[C@@H]2[C@@H](C)OC(=O)[C@]2(N)C[C@@H]1C.C[C@H]1[C@H](/C=C/c2ccc(-c3cccc(F)c3)cn2)[C@@H]2[C@@H](C)OC(=O)[C@]2(N)C[C@@H]1C.C[C@H]1[C@H](/C=C/c2ccc(-c3ccccc3)cc2)[C@@H]2[C@@H](C)OC(=O)[C@]2(N)C[C@@H]1C.Cc1ccccc1-c1ccc(/C=C/[C@H]2[C@H](C)[C@@H](C)C[C@@]3(N)C(=O)O[C@H](C)[C@@H]23)nc1. The van der Waals surface area contributed by atoms with Crippen molar-refractivity contribution in [2.24, 2.45) is 153 Å². The number of halogens is 4. The van der Waals surface area contributed by atoms with Crippen molar-refractivity contribution in [3.63, 3.8) is 0 Å². The third-order valence-corrected chi connectivity index (χ3v) is 35.9. The Hall–Kier alpha value is -13.0. The van der Waals surface area contributed by atoms with Gasteiger partial charge < -0.3 is 46.6 Å². The molecule has 31 atom stereocenters. The maximum Gasteiger partial charge on any atom is 0.416 e. The van der Waals surface area contributed by atoms with Crippen molar-refractivity contribution in [1.29, 1.82) is 5.26 Å². The van der Waals surface area contributed by atoms with Gasteiger partial charge in [-0.15, -0.1) is 0 Å². The topological polar surface area (TPSA) is 311 Å². The molecule has 23 heteroatoms. The summed E-state index contributed by atoms with van der Waals surface area (Å²) >= 11 is 0. The molecule has 0 unspecified atom stereocenters. The molecule has 5 saturated heterocycles. The van der Waals surface area contributed by atoms with Gasteiger partial charge in [-0.3, -0.25) is 43.9 Å². The fraction of sp³-hybridized carbons (Fsp3) is 0.433. The van der Waals surface area contributed by atoms with Crippen molar-refractivity contribution in [2.75, 3.05) is 0 Å². The number of hydrogen-bond acceptors (Lipinski definition) is 19. The Morgan fingerprint density at radius 3 is 1.15 bits per heavy atom. The van der Waals surface area contributed by atoms with E-state index in [4.69, 9.17) is 51.9 Å². The molecule has 0 bridgehead atoms. The number of benzene rings is 6. The number of hydrogen-bond donors (Lipinski definition) is 4. The van der Waals surface area contributed by atoms with Gasteiger partial charge in [0.2, 0.25) is 0 Å². The summed E-state index contributed by atoms with van der Waals surface area (Å²) in [5, 5.41) is 9.09. The van der Waals surface area contributed by atoms with Crippen molar-refractivity contribution in [3.8, 4) is 61.7 Å². The van der Waals surface area contributed by atoms with Crippen molar-refractivity contribution in [2.45, 2.75) is 214 Å². The van der Waals surface area contributed by atoms with E-state index in [-0.39, 0.29) is 131 Å². The summed E-state index contributed by atoms with van der Waals surface area (Å²) in [4.78, 5) is 80.4. The zero-order valence-corrected chi connectivity index (χ0v) is 88.5. The number of nitriles is 1. The van der Waals surface area contributed by atoms with Crippen LogP contribution in [-0.2, 0) is 53.8 Å². The van der Waals surface area contributed by atoms with Gasteiger partial charge in [-0.05, 0) is 311 Å². The zero-order chi connectivity index (χ0) is 107. The van der Waals surface area contributed by atoms with Crippen LogP contribution in [0.3, 0.4) is 0 Å². The number of nitrogens with zero attached hydrogens (tertiary/aromatic N) is 5. The number of ether oxygens (including phenoxy) is 5. The molecule has 6 saturated carbocycles. The van der Waals surface area contributed by atoms with Crippen molar-refractivity contribution in [1.82, 2.24) is 19.9 Å². The minimum absolute atomic E-state index is 0.00342. The summed E-state index contributed by atoms with van der Waals surface area (Å²) in [5.41, 5.74) is 37.9. The van der Waals surface area contributed by atoms with E-state index < -0.39 is 33.9 Å². The molecule has 6 aliphatic carbocycles.